The van der Waals surface area contributed by atoms with Crippen LogP contribution in [-0.2, 0) is 18.4 Å². The van der Waals surface area contributed by atoms with Crippen molar-refractivity contribution in [2.75, 3.05) is 6.61 Å². The van der Waals surface area contributed by atoms with Crippen LogP contribution in [0.4, 0.5) is 0 Å². The lowest BCUT2D eigenvalue weighted by molar-refractivity contribution is 0.0850. The highest BCUT2D eigenvalue weighted by atomic mass is 35.5. The summed E-state index contributed by atoms with van der Waals surface area (Å²) in [6.45, 7) is 5.46. The van der Waals surface area contributed by atoms with Crippen LogP contribution in [0.5, 0.6) is 0 Å². The fourth-order valence-electron chi connectivity index (χ4n) is 2.02. The molecule has 0 aromatic carbocycles. The number of rotatable bonds is 6. The van der Waals surface area contributed by atoms with Gasteiger partial charge in [-0.25, -0.2) is 9.97 Å². The normalized spacial score (nSPS) is 13.1. The number of nitrogens with zero attached hydrogens (tertiary/aromatic N) is 4. The summed E-state index contributed by atoms with van der Waals surface area (Å²) in [4.78, 5) is 8.65. The minimum atomic E-state index is 0.384. The Morgan fingerprint density at radius 2 is 2.21 bits per heavy atom. The summed E-state index contributed by atoms with van der Waals surface area (Å²) in [6, 6.07) is 0. The number of halogens is 1. The summed E-state index contributed by atoms with van der Waals surface area (Å²) in [5.41, 5.74) is 0.736. The van der Waals surface area contributed by atoms with Gasteiger partial charge in [0.2, 0.25) is 0 Å². The second kappa shape index (κ2) is 6.30. The zero-order valence-electron chi connectivity index (χ0n) is 11.6. The fraction of sp³-hybridized carbons (Fsp3) is 0.615. The first-order chi connectivity index (χ1) is 9.11. The molecule has 0 saturated heterocycles. The predicted molar refractivity (Wildman–Crippen MR) is 75.0 cm³/mol. The smallest absolute Gasteiger partial charge is 0.162 e. The molecule has 6 heteroatoms. The molecule has 2 aromatic heterocycles. The molecule has 19 heavy (non-hydrogen) atoms. The molecule has 1 atom stereocenters. The molecule has 0 saturated carbocycles. The molecular weight excluding hydrogens is 264 g/mol. The number of hydrogen-bond donors (Lipinski definition) is 0. The van der Waals surface area contributed by atoms with Gasteiger partial charge in [0.1, 0.15) is 11.8 Å². The molecule has 0 bridgehead atoms. The zero-order chi connectivity index (χ0) is 13.8. The van der Waals surface area contributed by atoms with Gasteiger partial charge >= 0.3 is 0 Å². The predicted octanol–water partition coefficient (Wildman–Crippen LogP) is 2.97. The Labute approximate surface area is 117 Å². The molecule has 0 N–H and O–H groups in total. The number of fused-ring (bicyclic) bond motifs is 1. The highest BCUT2D eigenvalue weighted by Crippen LogP contribution is 2.19. The molecule has 0 radical (unpaired) electrons. The lowest BCUT2D eigenvalue weighted by Gasteiger charge is -2.10. The van der Waals surface area contributed by atoms with Crippen LogP contribution in [0.1, 0.15) is 32.5 Å². The van der Waals surface area contributed by atoms with E-state index >= 15 is 0 Å². The maximum absolute atomic E-state index is 6.11. The van der Waals surface area contributed by atoms with E-state index in [4.69, 9.17) is 16.3 Å². The molecule has 2 aromatic rings. The fourth-order valence-corrected chi connectivity index (χ4v) is 2.25. The van der Waals surface area contributed by atoms with E-state index in [1.54, 1.807) is 10.9 Å². The molecule has 0 aliphatic heterocycles. The van der Waals surface area contributed by atoms with Gasteiger partial charge in [0.25, 0.3) is 0 Å². The van der Waals surface area contributed by atoms with Gasteiger partial charge in [-0.1, -0.05) is 31.9 Å². The largest absolute Gasteiger partial charge is 0.373 e. The van der Waals surface area contributed by atoms with E-state index in [0.29, 0.717) is 23.5 Å². The van der Waals surface area contributed by atoms with E-state index in [-0.39, 0.29) is 0 Å². The summed E-state index contributed by atoms with van der Waals surface area (Å²) in [7, 11) is 1.83. The molecule has 0 aliphatic carbocycles. The second-order valence-electron chi connectivity index (χ2n) is 4.85. The van der Waals surface area contributed by atoms with Crippen LogP contribution >= 0.6 is 11.6 Å². The van der Waals surface area contributed by atoms with Gasteiger partial charge in [-0.05, 0) is 12.3 Å². The topological polar surface area (TPSA) is 52.8 Å². The van der Waals surface area contributed by atoms with Crippen LogP contribution in [0.15, 0.2) is 6.20 Å². The lowest BCUT2D eigenvalue weighted by Crippen LogP contribution is -2.08. The van der Waals surface area contributed by atoms with Crippen LogP contribution in [0, 0.1) is 5.92 Å². The van der Waals surface area contributed by atoms with Crippen molar-refractivity contribution in [1.82, 2.24) is 19.7 Å². The maximum Gasteiger partial charge on any atom is 0.162 e. The lowest BCUT2D eigenvalue weighted by atomic mass is 10.1. The number of ether oxygens (including phenoxy) is 1. The van der Waals surface area contributed by atoms with Crippen molar-refractivity contribution >= 4 is 22.6 Å². The highest BCUT2D eigenvalue weighted by Gasteiger charge is 2.10. The molecule has 0 spiro atoms. The quantitative estimate of drug-likeness (QED) is 0.765. The van der Waals surface area contributed by atoms with E-state index in [2.05, 4.69) is 28.9 Å². The van der Waals surface area contributed by atoms with Crippen LogP contribution < -0.4 is 0 Å². The Bertz CT molecular complexity index is 555. The van der Waals surface area contributed by atoms with Crippen molar-refractivity contribution in [2.24, 2.45) is 13.0 Å². The van der Waals surface area contributed by atoms with Gasteiger partial charge in [-0.3, -0.25) is 4.68 Å². The highest BCUT2D eigenvalue weighted by molar-refractivity contribution is 6.33. The van der Waals surface area contributed by atoms with Crippen molar-refractivity contribution in [3.05, 3.63) is 17.2 Å². The Kier molecular flexibility index (Phi) is 4.71. The Hall–Kier alpha value is -1.20. The molecule has 1 unspecified atom stereocenters. The molecule has 0 fully saturated rings. The molecular formula is C13H19ClN4O. The van der Waals surface area contributed by atoms with E-state index in [1.165, 1.54) is 12.8 Å². The molecule has 0 aliphatic rings. The minimum absolute atomic E-state index is 0.384. The third-order valence-electron chi connectivity index (χ3n) is 3.01. The monoisotopic (exact) mass is 282 g/mol. The molecule has 5 nitrogen and oxygen atoms in total. The van der Waals surface area contributed by atoms with E-state index in [1.807, 2.05) is 7.05 Å². The second-order valence-corrected chi connectivity index (χ2v) is 5.20. The summed E-state index contributed by atoms with van der Waals surface area (Å²) < 4.78 is 7.33. The van der Waals surface area contributed by atoms with Crippen LogP contribution in [0.25, 0.3) is 11.0 Å². The van der Waals surface area contributed by atoms with Crippen LogP contribution in [0.3, 0.4) is 0 Å². The Morgan fingerprint density at radius 3 is 2.95 bits per heavy atom. The summed E-state index contributed by atoms with van der Waals surface area (Å²) in [5.74, 6) is 1.16. The van der Waals surface area contributed by atoms with Gasteiger partial charge in [0, 0.05) is 13.7 Å². The average molecular weight is 283 g/mol. The molecule has 104 valence electrons. The van der Waals surface area contributed by atoms with E-state index in [0.717, 1.165) is 17.6 Å². The van der Waals surface area contributed by atoms with E-state index in [9.17, 15) is 0 Å². The third kappa shape index (κ3) is 3.42. The van der Waals surface area contributed by atoms with Gasteiger partial charge in [-0.15, -0.1) is 0 Å². The Morgan fingerprint density at radius 1 is 1.42 bits per heavy atom. The summed E-state index contributed by atoms with van der Waals surface area (Å²) in [5, 5.41) is 5.32. The van der Waals surface area contributed by atoms with Crippen LogP contribution in [-0.4, -0.2) is 26.4 Å². The van der Waals surface area contributed by atoms with E-state index < -0.39 is 0 Å². The number of aromatic nitrogens is 4. The molecule has 2 heterocycles. The van der Waals surface area contributed by atoms with Crippen LogP contribution in [0.2, 0.25) is 5.15 Å². The van der Waals surface area contributed by atoms with Crippen molar-refractivity contribution in [3.63, 3.8) is 0 Å². The first-order valence-corrected chi connectivity index (χ1v) is 6.91. The van der Waals surface area contributed by atoms with Gasteiger partial charge in [0.15, 0.2) is 11.5 Å². The first kappa shape index (κ1) is 14.2. The maximum atomic E-state index is 6.11. The zero-order valence-corrected chi connectivity index (χ0v) is 12.3. The first-order valence-electron chi connectivity index (χ1n) is 6.53. The number of hydrogen-bond acceptors (Lipinski definition) is 4. The molecule has 2 rings (SSSR count). The van der Waals surface area contributed by atoms with Gasteiger partial charge in [0.05, 0.1) is 11.6 Å². The standard InChI is InChI=1S/C13H19ClN4O/c1-4-5-9(2)7-19-8-11-16-12(14)10-6-15-18(3)13(10)17-11/h6,9H,4-5,7-8H2,1-3H3. The van der Waals surface area contributed by atoms with Crippen molar-refractivity contribution < 1.29 is 4.74 Å². The minimum Gasteiger partial charge on any atom is -0.373 e. The average Bonchev–Trinajstić information content (AvgIpc) is 2.72. The van der Waals surface area contributed by atoms with Gasteiger partial charge < -0.3 is 4.74 Å². The van der Waals surface area contributed by atoms with Crippen molar-refractivity contribution in [3.8, 4) is 0 Å². The number of aryl methyl sites for hydroxylation is 1. The van der Waals surface area contributed by atoms with Crippen molar-refractivity contribution in [1.29, 1.82) is 0 Å². The van der Waals surface area contributed by atoms with Crippen molar-refractivity contribution in [2.45, 2.75) is 33.3 Å². The SMILES string of the molecule is CCCC(C)COCc1nc(Cl)c2cnn(C)c2n1. The summed E-state index contributed by atoms with van der Waals surface area (Å²) in [6.07, 6.45) is 4.02. The molecule has 0 amide bonds. The summed E-state index contributed by atoms with van der Waals surface area (Å²) >= 11 is 6.11. The Balaban J connectivity index is 2.03. The third-order valence-corrected chi connectivity index (χ3v) is 3.30. The van der Waals surface area contributed by atoms with Gasteiger partial charge in [-0.2, -0.15) is 5.10 Å².